The third kappa shape index (κ3) is 3.40. The largest absolute Gasteiger partial charge is 0.368 e. The van der Waals surface area contributed by atoms with Gasteiger partial charge < -0.3 is 11.1 Å². The predicted molar refractivity (Wildman–Crippen MR) is 76.2 cm³/mol. The number of carbonyl (C=O) groups excluding carboxylic acids is 1. The molecule has 0 radical (unpaired) electrons. The van der Waals surface area contributed by atoms with E-state index in [4.69, 9.17) is 17.3 Å². The number of halogens is 2. The van der Waals surface area contributed by atoms with Crippen LogP contribution in [0.5, 0.6) is 0 Å². The van der Waals surface area contributed by atoms with Crippen molar-refractivity contribution in [2.45, 2.75) is 5.16 Å². The molecule has 20 heavy (non-hydrogen) atoms. The van der Waals surface area contributed by atoms with Crippen LogP contribution < -0.4 is 11.1 Å². The van der Waals surface area contributed by atoms with Crippen molar-refractivity contribution in [3.05, 3.63) is 29.0 Å². The quantitative estimate of drug-likeness (QED) is 0.842. The molecule has 0 atom stereocenters. The number of anilines is 2. The van der Waals surface area contributed by atoms with Gasteiger partial charge in [0.15, 0.2) is 5.16 Å². The summed E-state index contributed by atoms with van der Waals surface area (Å²) in [6, 6.07) is 3.76. The number of amides is 1. The van der Waals surface area contributed by atoms with Crippen LogP contribution in [0.3, 0.4) is 0 Å². The molecule has 1 heterocycles. The van der Waals surface area contributed by atoms with E-state index in [1.807, 2.05) is 0 Å². The first kappa shape index (κ1) is 14.6. The summed E-state index contributed by atoms with van der Waals surface area (Å²) in [4.78, 5) is 11.8. The molecule has 9 heteroatoms. The number of nitrogen functional groups attached to an aromatic ring is 1. The molecule has 0 aliphatic rings. The van der Waals surface area contributed by atoms with E-state index in [9.17, 15) is 9.18 Å². The first-order chi connectivity index (χ1) is 9.47. The lowest BCUT2D eigenvalue weighted by atomic mass is 10.3. The zero-order valence-corrected chi connectivity index (χ0v) is 12.0. The minimum atomic E-state index is -0.461. The molecule has 0 saturated carbocycles. The normalized spacial score (nSPS) is 10.6. The monoisotopic (exact) mass is 315 g/mol. The van der Waals surface area contributed by atoms with Crippen molar-refractivity contribution in [2.24, 2.45) is 7.05 Å². The Hall–Kier alpha value is -1.80. The molecule has 0 aliphatic heterocycles. The van der Waals surface area contributed by atoms with Crippen LogP contribution >= 0.6 is 23.4 Å². The molecular weight excluding hydrogens is 305 g/mol. The first-order valence-electron chi connectivity index (χ1n) is 5.50. The third-order valence-electron chi connectivity index (χ3n) is 2.41. The third-order valence-corrected chi connectivity index (χ3v) is 3.74. The fourth-order valence-electron chi connectivity index (χ4n) is 1.36. The number of hydrogen-bond acceptors (Lipinski definition) is 5. The van der Waals surface area contributed by atoms with Gasteiger partial charge >= 0.3 is 0 Å². The van der Waals surface area contributed by atoms with Crippen LogP contribution in [0.1, 0.15) is 0 Å². The molecule has 0 unspecified atom stereocenters. The number of nitrogens with one attached hydrogen (secondary N) is 1. The average Bonchev–Trinajstić information content (AvgIpc) is 2.71. The number of hydrogen-bond donors (Lipinski definition) is 2. The zero-order valence-electron chi connectivity index (χ0n) is 10.4. The number of rotatable bonds is 4. The van der Waals surface area contributed by atoms with E-state index in [0.717, 1.165) is 6.07 Å². The molecule has 106 valence electrons. The van der Waals surface area contributed by atoms with E-state index in [2.05, 4.69) is 15.5 Å². The molecule has 6 nitrogen and oxygen atoms in total. The smallest absolute Gasteiger partial charge is 0.234 e. The molecule has 0 saturated heterocycles. The Morgan fingerprint density at radius 2 is 2.30 bits per heavy atom. The SMILES string of the molecule is Cn1c(N)nnc1SCC(=O)Nc1ccc(F)cc1Cl. The average molecular weight is 316 g/mol. The zero-order chi connectivity index (χ0) is 14.7. The minimum Gasteiger partial charge on any atom is -0.368 e. The molecule has 2 aromatic rings. The van der Waals surface area contributed by atoms with Crippen LogP contribution in [0.2, 0.25) is 5.02 Å². The molecule has 0 spiro atoms. The van der Waals surface area contributed by atoms with Gasteiger partial charge in [0.25, 0.3) is 0 Å². The molecule has 0 aliphatic carbocycles. The summed E-state index contributed by atoms with van der Waals surface area (Å²) in [5.74, 6) is -0.365. The van der Waals surface area contributed by atoms with E-state index in [1.54, 1.807) is 11.6 Å². The molecule has 1 amide bonds. The van der Waals surface area contributed by atoms with Gasteiger partial charge in [-0.3, -0.25) is 9.36 Å². The summed E-state index contributed by atoms with van der Waals surface area (Å²) >= 11 is 7.00. The fraction of sp³-hybridized carbons (Fsp3) is 0.182. The number of aromatic nitrogens is 3. The highest BCUT2D eigenvalue weighted by Crippen LogP contribution is 2.23. The van der Waals surface area contributed by atoms with E-state index in [1.165, 1.54) is 23.9 Å². The molecular formula is C11H11ClFN5OS. The fourth-order valence-corrected chi connectivity index (χ4v) is 2.29. The molecule has 2 rings (SSSR count). The minimum absolute atomic E-state index is 0.111. The highest BCUT2D eigenvalue weighted by Gasteiger charge is 2.11. The summed E-state index contributed by atoms with van der Waals surface area (Å²) < 4.78 is 14.4. The van der Waals surface area contributed by atoms with Crippen molar-refractivity contribution in [3.8, 4) is 0 Å². The summed E-state index contributed by atoms with van der Waals surface area (Å²) in [5, 5.41) is 10.8. The molecule has 0 bridgehead atoms. The topological polar surface area (TPSA) is 85.8 Å². The Labute approximate surface area is 123 Å². The van der Waals surface area contributed by atoms with E-state index >= 15 is 0 Å². The lowest BCUT2D eigenvalue weighted by Gasteiger charge is -2.06. The van der Waals surface area contributed by atoms with E-state index in [-0.39, 0.29) is 22.6 Å². The summed E-state index contributed by atoms with van der Waals surface area (Å²) in [5.41, 5.74) is 5.88. The van der Waals surface area contributed by atoms with Gasteiger partial charge in [0, 0.05) is 7.05 Å². The summed E-state index contributed by atoms with van der Waals surface area (Å²) in [6.07, 6.45) is 0. The number of benzene rings is 1. The van der Waals surface area contributed by atoms with Crippen molar-refractivity contribution in [1.29, 1.82) is 0 Å². The van der Waals surface area contributed by atoms with Crippen LogP contribution in [0.25, 0.3) is 0 Å². The highest BCUT2D eigenvalue weighted by atomic mass is 35.5. The maximum absolute atomic E-state index is 12.9. The van der Waals surface area contributed by atoms with Crippen molar-refractivity contribution >= 4 is 40.9 Å². The Morgan fingerprint density at radius 1 is 1.55 bits per heavy atom. The van der Waals surface area contributed by atoms with Crippen molar-refractivity contribution in [3.63, 3.8) is 0 Å². The summed E-state index contributed by atoms with van der Waals surface area (Å²) in [6.45, 7) is 0. The molecule has 1 aromatic heterocycles. The Balaban J connectivity index is 1.94. The number of nitrogens with zero attached hydrogens (tertiary/aromatic N) is 3. The lowest BCUT2D eigenvalue weighted by molar-refractivity contribution is -0.113. The Morgan fingerprint density at radius 3 is 2.90 bits per heavy atom. The maximum Gasteiger partial charge on any atom is 0.234 e. The standard InChI is InChI=1S/C11H11ClFN5OS/c1-18-10(14)16-17-11(18)20-5-9(19)15-8-3-2-6(13)4-7(8)12/h2-4H,5H2,1H3,(H2,14,16)(H,15,19). The van der Waals surface area contributed by atoms with Crippen molar-refractivity contribution in [1.82, 2.24) is 14.8 Å². The van der Waals surface area contributed by atoms with Gasteiger partial charge in [0.05, 0.1) is 16.5 Å². The van der Waals surface area contributed by atoms with Gasteiger partial charge in [-0.15, -0.1) is 10.2 Å². The van der Waals surface area contributed by atoms with Gasteiger partial charge in [0.2, 0.25) is 11.9 Å². The number of nitrogens with two attached hydrogens (primary N) is 1. The van der Waals surface area contributed by atoms with Gasteiger partial charge in [-0.25, -0.2) is 4.39 Å². The van der Waals surface area contributed by atoms with Gasteiger partial charge in [-0.1, -0.05) is 23.4 Å². The van der Waals surface area contributed by atoms with Crippen LogP contribution in [0.15, 0.2) is 23.4 Å². The number of carbonyl (C=O) groups is 1. The second-order valence-electron chi connectivity index (χ2n) is 3.86. The molecule has 1 aromatic carbocycles. The van der Waals surface area contributed by atoms with Gasteiger partial charge in [-0.05, 0) is 18.2 Å². The molecule has 0 fully saturated rings. The second-order valence-corrected chi connectivity index (χ2v) is 5.21. The van der Waals surface area contributed by atoms with Crippen LogP contribution in [0.4, 0.5) is 16.0 Å². The maximum atomic E-state index is 12.9. The van der Waals surface area contributed by atoms with Gasteiger partial charge in [0.1, 0.15) is 5.82 Å². The first-order valence-corrected chi connectivity index (χ1v) is 6.86. The van der Waals surface area contributed by atoms with E-state index in [0.29, 0.717) is 10.8 Å². The highest BCUT2D eigenvalue weighted by molar-refractivity contribution is 7.99. The van der Waals surface area contributed by atoms with E-state index < -0.39 is 5.82 Å². The predicted octanol–water partition coefficient (Wildman–Crippen LogP) is 1.92. The second kappa shape index (κ2) is 6.10. The Bertz CT molecular complexity index is 648. The summed E-state index contributed by atoms with van der Waals surface area (Å²) in [7, 11) is 1.70. The van der Waals surface area contributed by atoms with Crippen LogP contribution in [0, 0.1) is 5.82 Å². The van der Waals surface area contributed by atoms with Crippen molar-refractivity contribution in [2.75, 3.05) is 16.8 Å². The van der Waals surface area contributed by atoms with Gasteiger partial charge in [-0.2, -0.15) is 0 Å². The van der Waals surface area contributed by atoms with Crippen LogP contribution in [-0.4, -0.2) is 26.4 Å². The number of thioether (sulfide) groups is 1. The van der Waals surface area contributed by atoms with Crippen LogP contribution in [-0.2, 0) is 11.8 Å². The van der Waals surface area contributed by atoms with Crippen molar-refractivity contribution < 1.29 is 9.18 Å². The Kier molecular flexibility index (Phi) is 4.46. The molecule has 3 N–H and O–H groups in total. The lowest BCUT2D eigenvalue weighted by Crippen LogP contribution is -2.14.